The molecule has 2 aromatic rings. The second-order valence-electron chi connectivity index (χ2n) is 7.89. The summed E-state index contributed by atoms with van der Waals surface area (Å²) in [5.74, 6) is -1.52. The predicted molar refractivity (Wildman–Crippen MR) is 116 cm³/mol. The van der Waals surface area contributed by atoms with E-state index in [1.807, 2.05) is 12.1 Å². The van der Waals surface area contributed by atoms with Crippen LogP contribution in [0.1, 0.15) is 23.6 Å². The van der Waals surface area contributed by atoms with Crippen LogP contribution in [0.25, 0.3) is 0 Å². The van der Waals surface area contributed by atoms with Crippen LogP contribution >= 0.6 is 0 Å². The van der Waals surface area contributed by atoms with Gasteiger partial charge >= 0.3 is 5.97 Å². The van der Waals surface area contributed by atoms with Crippen LogP contribution in [0, 0.1) is 5.82 Å². The minimum Gasteiger partial charge on any atom is -0.456 e. The fourth-order valence-corrected chi connectivity index (χ4v) is 5.74. The topological polar surface area (TPSA) is 93.2 Å². The Balaban J connectivity index is 1.52. The zero-order chi connectivity index (χ0) is 23.4. The van der Waals surface area contributed by atoms with Gasteiger partial charge in [-0.1, -0.05) is 24.3 Å². The first kappa shape index (κ1) is 23.3. The largest absolute Gasteiger partial charge is 0.456 e. The molecule has 0 saturated carbocycles. The zero-order valence-electron chi connectivity index (χ0n) is 18.0. The molecule has 10 heteroatoms. The molecule has 1 atom stereocenters. The molecule has 4 rings (SSSR count). The molecule has 0 radical (unpaired) electrons. The Labute approximate surface area is 191 Å². The molecule has 0 spiro atoms. The number of benzene rings is 2. The number of amides is 1. The van der Waals surface area contributed by atoms with Gasteiger partial charge in [-0.05, 0) is 41.8 Å². The van der Waals surface area contributed by atoms with Crippen LogP contribution in [-0.4, -0.2) is 69.0 Å². The van der Waals surface area contributed by atoms with E-state index < -0.39 is 34.5 Å². The highest BCUT2D eigenvalue weighted by molar-refractivity contribution is 7.89. The number of ether oxygens (including phenoxy) is 2. The van der Waals surface area contributed by atoms with Gasteiger partial charge in [0.25, 0.3) is 5.91 Å². The average molecular weight is 477 g/mol. The van der Waals surface area contributed by atoms with Crippen LogP contribution in [-0.2, 0) is 35.5 Å². The van der Waals surface area contributed by atoms with E-state index in [1.54, 1.807) is 17.0 Å². The summed E-state index contributed by atoms with van der Waals surface area (Å²) in [6.07, 6.45) is 0.242. The van der Waals surface area contributed by atoms with Crippen molar-refractivity contribution in [2.75, 3.05) is 39.5 Å². The fraction of sp³-hybridized carbons (Fsp3) is 0.391. The number of morpholine rings is 1. The van der Waals surface area contributed by atoms with Gasteiger partial charge in [0.15, 0.2) is 6.61 Å². The van der Waals surface area contributed by atoms with Gasteiger partial charge in [-0.2, -0.15) is 4.31 Å². The third kappa shape index (κ3) is 5.23. The Morgan fingerprint density at radius 1 is 1.03 bits per heavy atom. The van der Waals surface area contributed by atoms with Crippen molar-refractivity contribution >= 4 is 21.9 Å². The molecule has 0 bridgehead atoms. The molecular formula is C23H25FN2O6S. The summed E-state index contributed by atoms with van der Waals surface area (Å²) >= 11 is 0. The highest BCUT2D eigenvalue weighted by Crippen LogP contribution is 2.36. The molecule has 0 N–H and O–H groups in total. The number of carbonyl (C=O) groups excluding carboxylic acids is 2. The number of fused-ring (bicyclic) bond motifs is 1. The van der Waals surface area contributed by atoms with Crippen molar-refractivity contribution in [2.24, 2.45) is 0 Å². The summed E-state index contributed by atoms with van der Waals surface area (Å²) in [4.78, 5) is 26.5. The average Bonchev–Trinajstić information content (AvgIpc) is 2.83. The minimum absolute atomic E-state index is 0.0517. The number of esters is 1. The second kappa shape index (κ2) is 9.98. The molecule has 1 saturated heterocycles. The van der Waals surface area contributed by atoms with E-state index in [2.05, 4.69) is 0 Å². The van der Waals surface area contributed by atoms with E-state index in [4.69, 9.17) is 9.47 Å². The van der Waals surface area contributed by atoms with Crippen molar-refractivity contribution in [3.05, 3.63) is 65.5 Å². The van der Waals surface area contributed by atoms with Crippen molar-refractivity contribution in [3.63, 3.8) is 0 Å². The molecular weight excluding hydrogens is 451 g/mol. The van der Waals surface area contributed by atoms with Crippen molar-refractivity contribution in [1.29, 1.82) is 0 Å². The molecule has 0 aromatic heterocycles. The van der Waals surface area contributed by atoms with Crippen molar-refractivity contribution in [3.8, 4) is 0 Å². The molecule has 2 aliphatic rings. The van der Waals surface area contributed by atoms with Gasteiger partial charge < -0.3 is 14.4 Å². The van der Waals surface area contributed by atoms with Crippen LogP contribution in [0.3, 0.4) is 0 Å². The molecule has 1 fully saturated rings. The number of hydrogen-bond donors (Lipinski definition) is 0. The maximum absolute atomic E-state index is 13.4. The standard InChI is InChI=1S/C23H25FN2O6S/c24-18-5-7-19(8-6-18)33(29,30)26-10-9-17-3-1-2-4-20(17)21(26)15-23(28)32-16-22(27)25-11-13-31-14-12-25/h1-8,21H,9-16H2. The molecule has 1 unspecified atom stereocenters. The van der Waals surface area contributed by atoms with Gasteiger partial charge in [0.2, 0.25) is 10.0 Å². The molecule has 2 aromatic carbocycles. The number of halogens is 1. The van der Waals surface area contributed by atoms with E-state index in [1.165, 1.54) is 16.4 Å². The lowest BCUT2D eigenvalue weighted by Crippen LogP contribution is -2.43. The number of carbonyl (C=O) groups is 2. The highest BCUT2D eigenvalue weighted by atomic mass is 32.2. The molecule has 2 heterocycles. The Bertz CT molecular complexity index is 1120. The molecule has 0 aliphatic carbocycles. The molecule has 176 valence electrons. The van der Waals surface area contributed by atoms with E-state index >= 15 is 0 Å². The zero-order valence-corrected chi connectivity index (χ0v) is 18.8. The highest BCUT2D eigenvalue weighted by Gasteiger charge is 2.38. The summed E-state index contributed by atoms with van der Waals surface area (Å²) in [7, 11) is -3.99. The van der Waals surface area contributed by atoms with Gasteiger partial charge in [-0.15, -0.1) is 0 Å². The molecule has 1 amide bonds. The van der Waals surface area contributed by atoms with E-state index in [9.17, 15) is 22.4 Å². The van der Waals surface area contributed by atoms with Gasteiger partial charge in [0.05, 0.1) is 30.6 Å². The van der Waals surface area contributed by atoms with Gasteiger partial charge in [-0.25, -0.2) is 12.8 Å². The summed E-state index contributed by atoms with van der Waals surface area (Å²) in [5.41, 5.74) is 1.66. The Kier molecular flexibility index (Phi) is 7.06. The van der Waals surface area contributed by atoms with E-state index in [0.29, 0.717) is 38.3 Å². The number of hydrogen-bond acceptors (Lipinski definition) is 6. The molecule has 2 aliphatic heterocycles. The maximum Gasteiger partial charge on any atom is 0.308 e. The minimum atomic E-state index is -3.99. The van der Waals surface area contributed by atoms with Crippen molar-refractivity contribution < 1.29 is 31.9 Å². The fourth-order valence-electron chi connectivity index (χ4n) is 4.13. The normalized spacial score (nSPS) is 19.1. The summed E-state index contributed by atoms with van der Waals surface area (Å²) < 4.78 is 51.7. The predicted octanol–water partition coefficient (Wildman–Crippen LogP) is 1.91. The third-order valence-electron chi connectivity index (χ3n) is 5.86. The van der Waals surface area contributed by atoms with Crippen LogP contribution in [0.4, 0.5) is 4.39 Å². The number of sulfonamides is 1. The Morgan fingerprint density at radius 3 is 2.45 bits per heavy atom. The summed E-state index contributed by atoms with van der Waals surface area (Å²) in [5, 5.41) is 0. The first-order valence-electron chi connectivity index (χ1n) is 10.7. The third-order valence-corrected chi connectivity index (χ3v) is 7.79. The first-order valence-corrected chi connectivity index (χ1v) is 12.2. The van der Waals surface area contributed by atoms with Crippen molar-refractivity contribution in [2.45, 2.75) is 23.8 Å². The van der Waals surface area contributed by atoms with Crippen molar-refractivity contribution in [1.82, 2.24) is 9.21 Å². The van der Waals surface area contributed by atoms with Gasteiger partial charge in [0.1, 0.15) is 5.82 Å². The van der Waals surface area contributed by atoms with Gasteiger partial charge in [0, 0.05) is 19.6 Å². The number of nitrogens with zero attached hydrogens (tertiary/aromatic N) is 2. The second-order valence-corrected chi connectivity index (χ2v) is 9.78. The first-order chi connectivity index (χ1) is 15.9. The molecule has 33 heavy (non-hydrogen) atoms. The van der Waals surface area contributed by atoms with Crippen LogP contribution in [0.5, 0.6) is 0 Å². The van der Waals surface area contributed by atoms with Gasteiger partial charge in [-0.3, -0.25) is 9.59 Å². The van der Waals surface area contributed by atoms with Crippen LogP contribution in [0.2, 0.25) is 0 Å². The monoisotopic (exact) mass is 476 g/mol. The SMILES string of the molecule is O=C(CC1c2ccccc2CCN1S(=O)(=O)c1ccc(F)cc1)OCC(=O)N1CCOCC1. The number of rotatable bonds is 6. The Morgan fingerprint density at radius 2 is 1.73 bits per heavy atom. The lowest BCUT2D eigenvalue weighted by Gasteiger charge is -2.36. The van der Waals surface area contributed by atoms with E-state index in [0.717, 1.165) is 17.7 Å². The Hall–Kier alpha value is -2.82. The summed E-state index contributed by atoms with van der Waals surface area (Å²) in [6, 6.07) is 11.1. The van der Waals surface area contributed by atoms with Crippen LogP contribution < -0.4 is 0 Å². The lowest BCUT2D eigenvalue weighted by molar-refractivity contribution is -0.154. The molecule has 8 nitrogen and oxygen atoms in total. The lowest BCUT2D eigenvalue weighted by atomic mass is 9.92. The van der Waals surface area contributed by atoms with E-state index in [-0.39, 0.29) is 23.8 Å². The summed E-state index contributed by atoms with van der Waals surface area (Å²) in [6.45, 7) is 1.52. The quantitative estimate of drug-likeness (QED) is 0.592. The maximum atomic E-state index is 13.4. The van der Waals surface area contributed by atoms with Crippen LogP contribution in [0.15, 0.2) is 53.4 Å². The smallest absolute Gasteiger partial charge is 0.308 e.